The highest BCUT2D eigenvalue weighted by Gasteiger charge is 2.23. The summed E-state index contributed by atoms with van der Waals surface area (Å²) in [4.78, 5) is 13.8. The monoisotopic (exact) mass is 584 g/mol. The molecule has 0 spiro atoms. The van der Waals surface area contributed by atoms with Crippen LogP contribution in [0.25, 0.3) is 11.0 Å². The Labute approximate surface area is 224 Å². The van der Waals surface area contributed by atoms with Gasteiger partial charge in [-0.25, -0.2) is 18.4 Å². The summed E-state index contributed by atoms with van der Waals surface area (Å²) in [6.45, 7) is 5.92. The van der Waals surface area contributed by atoms with Gasteiger partial charge in [0.2, 0.25) is 5.95 Å². The van der Waals surface area contributed by atoms with Crippen molar-refractivity contribution >= 4 is 59.9 Å². The third kappa shape index (κ3) is 5.63. The van der Waals surface area contributed by atoms with Gasteiger partial charge < -0.3 is 19.9 Å². The fraction of sp³-hybridized carbons (Fsp3) is 0.346. The van der Waals surface area contributed by atoms with Crippen LogP contribution in [-0.2, 0) is 21.1 Å². The van der Waals surface area contributed by atoms with Crippen molar-refractivity contribution in [2.45, 2.75) is 43.4 Å². The maximum atomic E-state index is 12.8. The molecule has 2 aromatic heterocycles. The average Bonchev–Trinajstić information content (AvgIpc) is 3.28. The first-order valence-corrected chi connectivity index (χ1v) is 14.6. The van der Waals surface area contributed by atoms with Crippen molar-refractivity contribution < 1.29 is 13.2 Å². The number of anilines is 4. The number of nitrogens with zero attached hydrogens (tertiary/aromatic N) is 4. The van der Waals surface area contributed by atoms with E-state index in [-0.39, 0.29) is 4.90 Å². The summed E-state index contributed by atoms with van der Waals surface area (Å²) in [5.74, 6) is 1.42. The highest BCUT2D eigenvalue weighted by atomic mass is 79.9. The van der Waals surface area contributed by atoms with Gasteiger partial charge in [-0.15, -0.1) is 0 Å². The average molecular weight is 586 g/mol. The van der Waals surface area contributed by atoms with Crippen molar-refractivity contribution in [2.75, 3.05) is 23.8 Å². The van der Waals surface area contributed by atoms with Crippen LogP contribution in [-0.4, -0.2) is 46.4 Å². The van der Waals surface area contributed by atoms with Crippen LogP contribution in [0.1, 0.15) is 26.7 Å². The SMILES string of the molecule is CC(C)S(=O)(=O)c1ccccc1Nc1nc(Nc2ccc3c(c2)ncn3CC2CCOCC2)ncc1Br. The van der Waals surface area contributed by atoms with Crippen molar-refractivity contribution in [1.29, 1.82) is 0 Å². The van der Waals surface area contributed by atoms with Crippen LogP contribution in [0, 0.1) is 5.92 Å². The third-order valence-corrected chi connectivity index (χ3v) is 9.27. The lowest BCUT2D eigenvalue weighted by atomic mass is 10.0. The standard InChI is InChI=1S/C26H29BrN6O3S/c1-17(2)37(34,35)24-6-4-3-5-21(24)31-25-20(27)14-28-26(32-25)30-19-7-8-23-22(13-19)29-16-33(23)15-18-9-11-36-12-10-18/h3-8,13-14,16-18H,9-12,15H2,1-2H3,(H2,28,30,31,32). The molecule has 0 saturated carbocycles. The summed E-state index contributed by atoms with van der Waals surface area (Å²) >= 11 is 3.47. The highest BCUT2D eigenvalue weighted by molar-refractivity contribution is 9.10. The van der Waals surface area contributed by atoms with Crippen LogP contribution in [0.4, 0.5) is 23.1 Å². The van der Waals surface area contributed by atoms with Gasteiger partial charge in [-0.3, -0.25) is 0 Å². The lowest BCUT2D eigenvalue weighted by molar-refractivity contribution is 0.0616. The molecule has 3 heterocycles. The molecule has 37 heavy (non-hydrogen) atoms. The fourth-order valence-corrected chi connectivity index (χ4v) is 5.83. The number of imidazole rings is 1. The molecule has 1 saturated heterocycles. The molecule has 0 aliphatic carbocycles. The maximum Gasteiger partial charge on any atom is 0.229 e. The highest BCUT2D eigenvalue weighted by Crippen LogP contribution is 2.31. The molecule has 5 rings (SSSR count). The molecule has 1 aliphatic heterocycles. The maximum absolute atomic E-state index is 12.8. The van der Waals surface area contributed by atoms with E-state index in [1.54, 1.807) is 44.3 Å². The normalized spacial score (nSPS) is 14.8. The second kappa shape index (κ2) is 10.8. The molecule has 11 heteroatoms. The quantitative estimate of drug-likeness (QED) is 0.272. The molecule has 0 amide bonds. The molecular formula is C26H29BrN6O3S. The minimum atomic E-state index is -3.48. The van der Waals surface area contributed by atoms with Gasteiger partial charge in [-0.1, -0.05) is 12.1 Å². The van der Waals surface area contributed by atoms with Crippen molar-refractivity contribution in [3.63, 3.8) is 0 Å². The van der Waals surface area contributed by atoms with Crippen LogP contribution in [0.3, 0.4) is 0 Å². The number of para-hydroxylation sites is 1. The first kappa shape index (κ1) is 25.6. The summed E-state index contributed by atoms with van der Waals surface area (Å²) in [7, 11) is -3.48. The van der Waals surface area contributed by atoms with Gasteiger partial charge in [-0.2, -0.15) is 4.98 Å². The number of ether oxygens (including phenoxy) is 1. The number of sulfone groups is 1. The number of benzene rings is 2. The van der Waals surface area contributed by atoms with E-state index in [0.29, 0.717) is 27.8 Å². The van der Waals surface area contributed by atoms with Crippen LogP contribution in [0.5, 0.6) is 0 Å². The topological polar surface area (TPSA) is 111 Å². The fourth-order valence-electron chi connectivity index (χ4n) is 4.34. The first-order chi connectivity index (χ1) is 17.8. The Kier molecular flexibility index (Phi) is 7.45. The van der Waals surface area contributed by atoms with E-state index in [0.717, 1.165) is 49.3 Å². The molecule has 2 N–H and O–H groups in total. The van der Waals surface area contributed by atoms with Crippen LogP contribution < -0.4 is 10.6 Å². The van der Waals surface area contributed by atoms with E-state index >= 15 is 0 Å². The smallest absolute Gasteiger partial charge is 0.229 e. The molecule has 0 atom stereocenters. The largest absolute Gasteiger partial charge is 0.381 e. The second-order valence-corrected chi connectivity index (χ2v) is 12.7. The zero-order valence-corrected chi connectivity index (χ0v) is 23.1. The number of aromatic nitrogens is 4. The second-order valence-electron chi connectivity index (χ2n) is 9.39. The van der Waals surface area contributed by atoms with Gasteiger partial charge >= 0.3 is 0 Å². The number of halogens is 1. The van der Waals surface area contributed by atoms with E-state index in [1.807, 2.05) is 18.5 Å². The van der Waals surface area contributed by atoms with Crippen molar-refractivity contribution in [3.05, 3.63) is 59.5 Å². The minimum Gasteiger partial charge on any atom is -0.381 e. The molecule has 9 nitrogen and oxygen atoms in total. The number of fused-ring (bicyclic) bond motifs is 1. The van der Waals surface area contributed by atoms with Gasteiger partial charge in [0, 0.05) is 31.6 Å². The van der Waals surface area contributed by atoms with Crippen molar-refractivity contribution in [1.82, 2.24) is 19.5 Å². The van der Waals surface area contributed by atoms with Crippen LogP contribution in [0.15, 0.2) is 64.4 Å². The summed E-state index contributed by atoms with van der Waals surface area (Å²) in [6.07, 6.45) is 5.66. The summed E-state index contributed by atoms with van der Waals surface area (Å²) in [5.41, 5.74) is 3.23. The number of hydrogen-bond acceptors (Lipinski definition) is 8. The molecule has 1 fully saturated rings. The van der Waals surface area contributed by atoms with E-state index in [9.17, 15) is 8.42 Å². The van der Waals surface area contributed by atoms with Gasteiger partial charge in [0.25, 0.3) is 0 Å². The molecule has 0 bridgehead atoms. The first-order valence-electron chi connectivity index (χ1n) is 12.2. The zero-order chi connectivity index (χ0) is 26.0. The lowest BCUT2D eigenvalue weighted by Crippen LogP contribution is -2.20. The van der Waals surface area contributed by atoms with Gasteiger partial charge in [0.1, 0.15) is 5.82 Å². The summed E-state index contributed by atoms with van der Waals surface area (Å²) < 4.78 is 34.0. The van der Waals surface area contributed by atoms with Crippen molar-refractivity contribution in [3.8, 4) is 0 Å². The molecule has 0 unspecified atom stereocenters. The molecular weight excluding hydrogens is 556 g/mol. The Morgan fingerprint density at radius 1 is 1.11 bits per heavy atom. The van der Waals surface area contributed by atoms with Crippen LogP contribution >= 0.6 is 15.9 Å². The Morgan fingerprint density at radius 3 is 2.68 bits per heavy atom. The Hall–Kier alpha value is -3.02. The summed E-state index contributed by atoms with van der Waals surface area (Å²) in [6, 6.07) is 12.8. The van der Waals surface area contributed by atoms with E-state index in [4.69, 9.17) is 4.74 Å². The van der Waals surface area contributed by atoms with E-state index in [2.05, 4.69) is 52.1 Å². The molecule has 2 aromatic carbocycles. The Balaban J connectivity index is 1.36. The van der Waals surface area contributed by atoms with E-state index in [1.165, 1.54) is 0 Å². The molecule has 0 radical (unpaired) electrons. The number of nitrogens with one attached hydrogen (secondary N) is 2. The number of hydrogen-bond donors (Lipinski definition) is 2. The van der Waals surface area contributed by atoms with E-state index < -0.39 is 15.1 Å². The number of rotatable bonds is 8. The summed E-state index contributed by atoms with van der Waals surface area (Å²) in [5, 5.41) is 5.85. The minimum absolute atomic E-state index is 0.229. The molecule has 194 valence electrons. The molecule has 1 aliphatic rings. The Bertz CT molecular complexity index is 1520. The van der Waals surface area contributed by atoms with Crippen LogP contribution in [0.2, 0.25) is 0 Å². The van der Waals surface area contributed by atoms with Gasteiger partial charge in [-0.05, 0) is 78.9 Å². The Morgan fingerprint density at radius 2 is 1.89 bits per heavy atom. The third-order valence-electron chi connectivity index (χ3n) is 6.48. The van der Waals surface area contributed by atoms with Crippen molar-refractivity contribution in [2.24, 2.45) is 5.92 Å². The van der Waals surface area contributed by atoms with Gasteiger partial charge in [0.05, 0.1) is 37.7 Å². The van der Waals surface area contributed by atoms with Gasteiger partial charge in [0.15, 0.2) is 9.84 Å². The lowest BCUT2D eigenvalue weighted by Gasteiger charge is -2.22. The predicted molar refractivity (Wildman–Crippen MR) is 148 cm³/mol. The predicted octanol–water partition coefficient (Wildman–Crippen LogP) is 5.68. The molecule has 4 aromatic rings. The zero-order valence-electron chi connectivity index (χ0n) is 20.7.